The van der Waals surface area contributed by atoms with E-state index in [0.717, 1.165) is 16.5 Å². The summed E-state index contributed by atoms with van der Waals surface area (Å²) in [5, 5.41) is 0.865. The van der Waals surface area contributed by atoms with E-state index < -0.39 is 0 Å². The molecule has 0 aromatic heterocycles. The van der Waals surface area contributed by atoms with E-state index in [4.69, 9.17) is 17.3 Å². The average Bonchev–Trinajstić information content (AvgIpc) is 2.78. The maximum Gasteiger partial charge on any atom is 0.0544 e. The van der Waals surface area contributed by atoms with E-state index in [9.17, 15) is 0 Å². The van der Waals surface area contributed by atoms with Crippen LogP contribution in [0.5, 0.6) is 0 Å². The molecule has 0 bridgehead atoms. The third-order valence-corrected chi connectivity index (χ3v) is 4.94. The van der Waals surface area contributed by atoms with Gasteiger partial charge < -0.3 is 5.73 Å². The molecule has 2 N–H and O–H groups in total. The number of hydrogen-bond acceptors (Lipinski definition) is 2. The van der Waals surface area contributed by atoms with E-state index in [1.165, 1.54) is 31.2 Å². The van der Waals surface area contributed by atoms with Crippen LogP contribution in [0.15, 0.2) is 23.1 Å². The molecule has 0 amide bonds. The minimum Gasteiger partial charge on any atom is -0.330 e. The zero-order valence-corrected chi connectivity index (χ0v) is 11.2. The SMILES string of the molecule is CSc1ccc(C2(CN)CCCC2)cc1Cl. The molecule has 1 aromatic rings. The summed E-state index contributed by atoms with van der Waals surface area (Å²) in [7, 11) is 0. The number of hydrogen-bond donors (Lipinski definition) is 1. The van der Waals surface area contributed by atoms with Crippen molar-refractivity contribution < 1.29 is 0 Å². The molecule has 0 heterocycles. The highest BCUT2D eigenvalue weighted by Crippen LogP contribution is 2.42. The number of rotatable bonds is 3. The van der Waals surface area contributed by atoms with Crippen LogP contribution in [-0.2, 0) is 5.41 Å². The Labute approximate surface area is 107 Å². The van der Waals surface area contributed by atoms with E-state index in [1.54, 1.807) is 11.8 Å². The van der Waals surface area contributed by atoms with Crippen LogP contribution in [0.4, 0.5) is 0 Å². The monoisotopic (exact) mass is 255 g/mol. The molecule has 16 heavy (non-hydrogen) atoms. The smallest absolute Gasteiger partial charge is 0.0544 e. The largest absolute Gasteiger partial charge is 0.330 e. The molecule has 2 rings (SSSR count). The maximum absolute atomic E-state index is 6.27. The topological polar surface area (TPSA) is 26.0 Å². The fraction of sp³-hybridized carbons (Fsp3) is 0.538. The highest BCUT2D eigenvalue weighted by molar-refractivity contribution is 7.98. The van der Waals surface area contributed by atoms with Gasteiger partial charge in [-0.3, -0.25) is 0 Å². The summed E-state index contributed by atoms with van der Waals surface area (Å²) in [5.41, 5.74) is 7.50. The van der Waals surface area contributed by atoms with Gasteiger partial charge in [0.2, 0.25) is 0 Å². The lowest BCUT2D eigenvalue weighted by atomic mass is 9.79. The first-order valence-corrected chi connectivity index (χ1v) is 7.36. The number of halogens is 1. The average molecular weight is 256 g/mol. The Morgan fingerprint density at radius 2 is 2.06 bits per heavy atom. The Bertz CT molecular complexity index is 372. The fourth-order valence-corrected chi connectivity index (χ4v) is 3.53. The molecule has 0 radical (unpaired) electrons. The molecule has 88 valence electrons. The van der Waals surface area contributed by atoms with Crippen LogP contribution in [0.25, 0.3) is 0 Å². The fourth-order valence-electron chi connectivity index (χ4n) is 2.66. The molecule has 1 aliphatic carbocycles. The first-order valence-electron chi connectivity index (χ1n) is 5.76. The lowest BCUT2D eigenvalue weighted by molar-refractivity contribution is 0.453. The summed E-state index contributed by atoms with van der Waals surface area (Å²) in [5.74, 6) is 0. The third-order valence-electron chi connectivity index (χ3n) is 3.72. The zero-order chi connectivity index (χ0) is 11.6. The van der Waals surface area contributed by atoms with Crippen LogP contribution >= 0.6 is 23.4 Å². The Balaban J connectivity index is 2.36. The van der Waals surface area contributed by atoms with E-state index in [2.05, 4.69) is 24.5 Å². The van der Waals surface area contributed by atoms with Crippen molar-refractivity contribution in [3.05, 3.63) is 28.8 Å². The van der Waals surface area contributed by atoms with Crippen molar-refractivity contribution in [1.29, 1.82) is 0 Å². The second kappa shape index (κ2) is 4.99. The first kappa shape index (κ1) is 12.3. The van der Waals surface area contributed by atoms with Crippen molar-refractivity contribution in [2.45, 2.75) is 36.0 Å². The van der Waals surface area contributed by atoms with E-state index in [1.807, 2.05) is 0 Å². The molecule has 1 aromatic carbocycles. The lowest BCUT2D eigenvalue weighted by Crippen LogP contribution is -2.31. The van der Waals surface area contributed by atoms with Crippen molar-refractivity contribution >= 4 is 23.4 Å². The van der Waals surface area contributed by atoms with Gasteiger partial charge in [0.1, 0.15) is 0 Å². The van der Waals surface area contributed by atoms with Gasteiger partial charge in [-0.05, 0) is 36.8 Å². The first-order chi connectivity index (χ1) is 7.72. The summed E-state index contributed by atoms with van der Waals surface area (Å²) in [4.78, 5) is 1.15. The van der Waals surface area contributed by atoms with Crippen LogP contribution < -0.4 is 5.73 Å². The quantitative estimate of drug-likeness (QED) is 0.831. The Hall–Kier alpha value is -0.180. The van der Waals surface area contributed by atoms with Gasteiger partial charge in [0.05, 0.1) is 5.02 Å². The van der Waals surface area contributed by atoms with Crippen molar-refractivity contribution in [3.8, 4) is 0 Å². The number of nitrogens with two attached hydrogens (primary N) is 1. The highest BCUT2D eigenvalue weighted by Gasteiger charge is 2.34. The molecule has 1 saturated carbocycles. The molecular formula is C13H18ClNS. The Morgan fingerprint density at radius 3 is 2.56 bits per heavy atom. The van der Waals surface area contributed by atoms with Gasteiger partial charge in [-0.2, -0.15) is 0 Å². The Morgan fingerprint density at radius 1 is 1.38 bits per heavy atom. The molecule has 0 atom stereocenters. The summed E-state index contributed by atoms with van der Waals surface area (Å²) in [6, 6.07) is 6.44. The normalized spacial score (nSPS) is 18.9. The van der Waals surface area contributed by atoms with Gasteiger partial charge in [0, 0.05) is 16.9 Å². The maximum atomic E-state index is 6.27. The van der Waals surface area contributed by atoms with Crippen LogP contribution in [0, 0.1) is 0 Å². The predicted octanol–water partition coefficient (Wildman–Crippen LogP) is 3.83. The van der Waals surface area contributed by atoms with E-state index in [-0.39, 0.29) is 5.41 Å². The number of benzene rings is 1. The van der Waals surface area contributed by atoms with Gasteiger partial charge in [0.25, 0.3) is 0 Å². The Kier molecular flexibility index (Phi) is 3.83. The van der Waals surface area contributed by atoms with Crippen LogP contribution in [0.2, 0.25) is 5.02 Å². The minimum atomic E-state index is 0.195. The molecule has 0 spiro atoms. The van der Waals surface area contributed by atoms with Crippen molar-refractivity contribution in [1.82, 2.24) is 0 Å². The third kappa shape index (κ3) is 2.11. The summed E-state index contributed by atoms with van der Waals surface area (Å²) < 4.78 is 0. The van der Waals surface area contributed by atoms with Crippen LogP contribution in [-0.4, -0.2) is 12.8 Å². The number of thioether (sulfide) groups is 1. The van der Waals surface area contributed by atoms with Gasteiger partial charge in [-0.15, -0.1) is 11.8 Å². The van der Waals surface area contributed by atoms with Gasteiger partial charge in [0.15, 0.2) is 0 Å². The predicted molar refractivity (Wildman–Crippen MR) is 72.4 cm³/mol. The van der Waals surface area contributed by atoms with E-state index >= 15 is 0 Å². The molecular weight excluding hydrogens is 238 g/mol. The highest BCUT2D eigenvalue weighted by atomic mass is 35.5. The van der Waals surface area contributed by atoms with Gasteiger partial charge in [-0.25, -0.2) is 0 Å². The van der Waals surface area contributed by atoms with E-state index in [0.29, 0.717) is 0 Å². The second-order valence-electron chi connectivity index (χ2n) is 4.54. The zero-order valence-electron chi connectivity index (χ0n) is 9.63. The standard InChI is InChI=1S/C13H18ClNS/c1-16-12-5-4-10(8-11(12)14)13(9-15)6-2-3-7-13/h4-5,8H,2-3,6-7,9,15H2,1H3. The van der Waals surface area contributed by atoms with Gasteiger partial charge >= 0.3 is 0 Å². The van der Waals surface area contributed by atoms with Crippen molar-refractivity contribution in [2.75, 3.05) is 12.8 Å². The molecule has 1 nitrogen and oxygen atoms in total. The minimum absolute atomic E-state index is 0.195. The van der Waals surface area contributed by atoms with Gasteiger partial charge in [-0.1, -0.05) is 30.5 Å². The van der Waals surface area contributed by atoms with Crippen LogP contribution in [0.1, 0.15) is 31.2 Å². The molecule has 0 aliphatic heterocycles. The molecule has 0 unspecified atom stereocenters. The molecule has 0 saturated heterocycles. The molecule has 1 fully saturated rings. The lowest BCUT2D eigenvalue weighted by Gasteiger charge is -2.28. The molecule has 1 aliphatic rings. The summed E-state index contributed by atoms with van der Waals surface area (Å²) in [6.07, 6.45) is 7.05. The summed E-state index contributed by atoms with van der Waals surface area (Å²) in [6.45, 7) is 0.738. The second-order valence-corrected chi connectivity index (χ2v) is 5.80. The van der Waals surface area contributed by atoms with Crippen LogP contribution in [0.3, 0.4) is 0 Å². The van der Waals surface area contributed by atoms with Crippen molar-refractivity contribution in [3.63, 3.8) is 0 Å². The molecule has 3 heteroatoms. The summed E-state index contributed by atoms with van der Waals surface area (Å²) >= 11 is 7.96. The van der Waals surface area contributed by atoms with Crippen molar-refractivity contribution in [2.24, 2.45) is 5.73 Å².